The Balaban J connectivity index is 0. The Morgan fingerprint density at radius 2 is 1.00 bits per heavy atom. The van der Waals surface area contributed by atoms with Gasteiger partial charge in [-0.3, -0.25) is 0 Å². The minimum Gasteiger partial charge on any atom is -0.301 e. The summed E-state index contributed by atoms with van der Waals surface area (Å²) in [6, 6.07) is 1.46. The topological polar surface area (TPSA) is 6.48 Å². The zero-order chi connectivity index (χ0) is 19.4. The lowest BCUT2D eigenvalue weighted by Gasteiger charge is -2.41. The van der Waals surface area contributed by atoms with Crippen LogP contribution in [0.2, 0.25) is 0 Å². The summed E-state index contributed by atoms with van der Waals surface area (Å²) in [6.45, 7) is 28.7. The minimum absolute atomic E-state index is 0. The molecule has 0 bridgehead atoms. The molecule has 2 heterocycles. The number of likely N-dealkylation sites (tertiary alicyclic amines) is 2. The number of nitrogens with zero attached hydrogens (tertiary/aromatic N) is 2. The fourth-order valence-corrected chi connectivity index (χ4v) is 4.15. The maximum Gasteiger partial charge on any atom is 0.00387 e. The average Bonchev–Trinajstić information content (AvgIpc) is 2.97. The molecule has 2 nitrogen and oxygen atoms in total. The molecule has 0 N–H and O–H groups in total. The van der Waals surface area contributed by atoms with E-state index in [4.69, 9.17) is 0 Å². The van der Waals surface area contributed by atoms with E-state index < -0.39 is 0 Å². The monoisotopic (exact) mass is 384 g/mol. The summed E-state index contributed by atoms with van der Waals surface area (Å²) in [5, 5.41) is 0. The Bertz CT molecular complexity index is 373. The summed E-state index contributed by atoms with van der Waals surface area (Å²) < 4.78 is 0. The Morgan fingerprint density at radius 1 is 0.630 bits per heavy atom. The van der Waals surface area contributed by atoms with Crippen molar-refractivity contribution in [3.8, 4) is 0 Å². The van der Waals surface area contributed by atoms with Gasteiger partial charge in [0.2, 0.25) is 0 Å². The van der Waals surface area contributed by atoms with Crippen LogP contribution in [0.25, 0.3) is 0 Å². The van der Waals surface area contributed by atoms with Gasteiger partial charge in [-0.1, -0.05) is 56.4 Å². The average molecular weight is 385 g/mol. The SMILES string of the molecule is C.C.CC(C)N1CCC(C(C)(C)C)C1.CC(C)N1CCCC(C(C)(C)C)C1. The van der Waals surface area contributed by atoms with Crippen molar-refractivity contribution in [2.45, 2.75) is 115 Å². The smallest absolute Gasteiger partial charge is 0.00387 e. The van der Waals surface area contributed by atoms with E-state index in [1.807, 2.05) is 0 Å². The molecule has 0 aromatic carbocycles. The van der Waals surface area contributed by atoms with Crippen LogP contribution in [-0.4, -0.2) is 48.1 Å². The molecule has 27 heavy (non-hydrogen) atoms. The Hall–Kier alpha value is -0.0800. The molecule has 2 atom stereocenters. The fourth-order valence-electron chi connectivity index (χ4n) is 4.15. The molecule has 2 rings (SSSR count). The zero-order valence-electron chi connectivity index (χ0n) is 19.2. The normalized spacial score (nSPS) is 24.9. The molecule has 0 aliphatic carbocycles. The quantitative estimate of drug-likeness (QED) is 0.497. The zero-order valence-corrected chi connectivity index (χ0v) is 19.2. The molecule has 0 amide bonds. The van der Waals surface area contributed by atoms with Crippen molar-refractivity contribution < 1.29 is 0 Å². The van der Waals surface area contributed by atoms with Gasteiger partial charge in [-0.15, -0.1) is 0 Å². The summed E-state index contributed by atoms with van der Waals surface area (Å²) in [5.41, 5.74) is 0.997. The summed E-state index contributed by atoms with van der Waals surface area (Å²) in [7, 11) is 0. The van der Waals surface area contributed by atoms with E-state index in [9.17, 15) is 0 Å². The first kappa shape index (κ1) is 29.1. The number of rotatable bonds is 2. The molecule has 0 radical (unpaired) electrons. The summed E-state index contributed by atoms with van der Waals surface area (Å²) in [5.74, 6) is 1.79. The van der Waals surface area contributed by atoms with Crippen molar-refractivity contribution in [1.82, 2.24) is 9.80 Å². The van der Waals surface area contributed by atoms with E-state index in [1.165, 1.54) is 45.4 Å². The highest BCUT2D eigenvalue weighted by molar-refractivity contribution is 4.85. The van der Waals surface area contributed by atoms with Crippen LogP contribution in [0.1, 0.15) is 103 Å². The molecule has 166 valence electrons. The summed E-state index contributed by atoms with van der Waals surface area (Å²) in [6.07, 6.45) is 4.20. The predicted octanol–water partition coefficient (Wildman–Crippen LogP) is 7.19. The highest BCUT2D eigenvalue weighted by Crippen LogP contribution is 2.34. The van der Waals surface area contributed by atoms with Crippen molar-refractivity contribution in [3.63, 3.8) is 0 Å². The first-order chi connectivity index (χ1) is 11.3. The molecule has 2 unspecified atom stereocenters. The summed E-state index contributed by atoms with van der Waals surface area (Å²) in [4.78, 5) is 5.22. The van der Waals surface area contributed by atoms with Crippen LogP contribution in [0, 0.1) is 22.7 Å². The Kier molecular flexibility index (Phi) is 12.7. The van der Waals surface area contributed by atoms with Crippen molar-refractivity contribution in [2.75, 3.05) is 26.2 Å². The van der Waals surface area contributed by atoms with Gasteiger partial charge in [0.05, 0.1) is 0 Å². The first-order valence-corrected chi connectivity index (χ1v) is 10.8. The lowest BCUT2D eigenvalue weighted by atomic mass is 9.76. The van der Waals surface area contributed by atoms with Crippen molar-refractivity contribution in [1.29, 1.82) is 0 Å². The largest absolute Gasteiger partial charge is 0.301 e. The van der Waals surface area contributed by atoms with E-state index in [2.05, 4.69) is 79.0 Å². The molecule has 2 aliphatic heterocycles. The molecule has 2 fully saturated rings. The second-order valence-corrected chi connectivity index (χ2v) is 11.2. The van der Waals surface area contributed by atoms with Gasteiger partial charge in [0.15, 0.2) is 0 Å². The predicted molar refractivity (Wildman–Crippen MR) is 127 cm³/mol. The summed E-state index contributed by atoms with van der Waals surface area (Å²) >= 11 is 0. The molecule has 2 heteroatoms. The molecule has 0 saturated carbocycles. The van der Waals surface area contributed by atoms with Gasteiger partial charge in [-0.2, -0.15) is 0 Å². The highest BCUT2D eigenvalue weighted by atomic mass is 15.2. The van der Waals surface area contributed by atoms with Crippen molar-refractivity contribution >= 4 is 0 Å². The van der Waals surface area contributed by atoms with E-state index in [0.717, 1.165) is 23.9 Å². The van der Waals surface area contributed by atoms with E-state index in [1.54, 1.807) is 0 Å². The maximum absolute atomic E-state index is 2.62. The number of hydrogen-bond donors (Lipinski definition) is 0. The fraction of sp³-hybridized carbons (Fsp3) is 1.00. The second kappa shape index (κ2) is 11.8. The Morgan fingerprint density at radius 3 is 1.30 bits per heavy atom. The van der Waals surface area contributed by atoms with E-state index in [-0.39, 0.29) is 14.9 Å². The van der Waals surface area contributed by atoms with Gasteiger partial charge in [0.1, 0.15) is 0 Å². The molecule has 0 aromatic heterocycles. The van der Waals surface area contributed by atoms with Crippen LogP contribution < -0.4 is 0 Å². The third-order valence-corrected chi connectivity index (χ3v) is 6.58. The molecule has 2 saturated heterocycles. The van der Waals surface area contributed by atoms with Crippen molar-refractivity contribution in [2.24, 2.45) is 22.7 Å². The van der Waals surface area contributed by atoms with E-state index >= 15 is 0 Å². The molecule has 0 spiro atoms. The van der Waals surface area contributed by atoms with Crippen LogP contribution in [0.15, 0.2) is 0 Å². The van der Waals surface area contributed by atoms with Crippen LogP contribution >= 0.6 is 0 Å². The Labute approximate surface area is 174 Å². The first-order valence-electron chi connectivity index (χ1n) is 10.8. The standard InChI is InChI=1S/C12H25N.C11H23N.2CH4/c1-10(2)13-8-6-7-11(9-13)12(3,4)5;1-9(2)12-7-6-10(8-12)11(3,4)5;;/h10-11H,6-9H2,1-5H3;9-10H,6-8H2,1-5H3;2*1H4. The lowest BCUT2D eigenvalue weighted by molar-refractivity contribution is 0.0787. The molecular formula is C25H56N2. The minimum atomic E-state index is 0. The van der Waals surface area contributed by atoms with E-state index in [0.29, 0.717) is 10.8 Å². The van der Waals surface area contributed by atoms with Gasteiger partial charge in [0.25, 0.3) is 0 Å². The van der Waals surface area contributed by atoms with Crippen LogP contribution in [0.4, 0.5) is 0 Å². The third kappa shape index (κ3) is 9.79. The number of hydrogen-bond acceptors (Lipinski definition) is 2. The highest BCUT2D eigenvalue weighted by Gasteiger charge is 2.32. The maximum atomic E-state index is 2.62. The van der Waals surface area contributed by atoms with Crippen LogP contribution in [0.3, 0.4) is 0 Å². The second-order valence-electron chi connectivity index (χ2n) is 11.2. The van der Waals surface area contributed by atoms with Gasteiger partial charge >= 0.3 is 0 Å². The number of piperidine rings is 1. The van der Waals surface area contributed by atoms with Crippen LogP contribution in [0.5, 0.6) is 0 Å². The van der Waals surface area contributed by atoms with Crippen molar-refractivity contribution in [3.05, 3.63) is 0 Å². The lowest BCUT2D eigenvalue weighted by Crippen LogP contribution is -2.43. The van der Waals surface area contributed by atoms with Gasteiger partial charge < -0.3 is 9.80 Å². The van der Waals surface area contributed by atoms with Gasteiger partial charge in [-0.25, -0.2) is 0 Å². The van der Waals surface area contributed by atoms with Crippen LogP contribution in [-0.2, 0) is 0 Å². The molecule has 0 aromatic rings. The molecule has 2 aliphatic rings. The van der Waals surface area contributed by atoms with Gasteiger partial charge in [-0.05, 0) is 82.7 Å². The molecular weight excluding hydrogens is 328 g/mol. The van der Waals surface area contributed by atoms with Gasteiger partial charge in [0, 0.05) is 25.2 Å². The third-order valence-electron chi connectivity index (χ3n) is 6.58.